The van der Waals surface area contributed by atoms with Crippen LogP contribution >= 0.6 is 11.3 Å². The van der Waals surface area contributed by atoms with Gasteiger partial charge in [-0.05, 0) is 37.8 Å². The van der Waals surface area contributed by atoms with Crippen LogP contribution in [0.25, 0.3) is 0 Å². The molecule has 0 fully saturated rings. The first-order valence-electron chi connectivity index (χ1n) is 5.95. The molecule has 1 aromatic rings. The zero-order valence-electron chi connectivity index (χ0n) is 11.4. The van der Waals surface area contributed by atoms with Crippen LogP contribution in [0.2, 0.25) is 0 Å². The molecule has 0 atom stereocenters. The maximum Gasteiger partial charge on any atom is 0.0697 e. The molecule has 1 aromatic heterocycles. The van der Waals surface area contributed by atoms with Gasteiger partial charge in [0, 0.05) is 23.4 Å². The van der Waals surface area contributed by atoms with Gasteiger partial charge in [0.2, 0.25) is 0 Å². The van der Waals surface area contributed by atoms with Crippen molar-refractivity contribution < 1.29 is 0 Å². The lowest BCUT2D eigenvalue weighted by Crippen LogP contribution is -2.37. The summed E-state index contributed by atoms with van der Waals surface area (Å²) in [7, 11) is 0. The van der Waals surface area contributed by atoms with Gasteiger partial charge in [-0.3, -0.25) is 0 Å². The minimum atomic E-state index is -0.291. The average Bonchev–Trinajstić information content (AvgIpc) is 2.64. The number of aryl methyl sites for hydroxylation is 1. The highest BCUT2D eigenvalue weighted by Gasteiger charge is 2.25. The molecule has 94 valence electrons. The van der Waals surface area contributed by atoms with Crippen LogP contribution in [0, 0.1) is 23.7 Å². The minimum absolute atomic E-state index is 0.129. The zero-order chi connectivity index (χ0) is 13.1. The molecule has 0 aliphatic carbocycles. The van der Waals surface area contributed by atoms with Crippen LogP contribution in [0.1, 0.15) is 38.1 Å². The second kappa shape index (κ2) is 5.20. The van der Waals surface area contributed by atoms with Crippen LogP contribution < -0.4 is 5.32 Å². The largest absolute Gasteiger partial charge is 0.314 e. The van der Waals surface area contributed by atoms with Gasteiger partial charge in [-0.1, -0.05) is 13.8 Å². The van der Waals surface area contributed by atoms with Crippen molar-refractivity contribution >= 4 is 11.3 Å². The summed E-state index contributed by atoms with van der Waals surface area (Å²) in [5.41, 5.74) is 1.20. The van der Waals surface area contributed by atoms with Gasteiger partial charge in [0.25, 0.3) is 0 Å². The van der Waals surface area contributed by atoms with E-state index in [-0.39, 0.29) is 10.8 Å². The van der Waals surface area contributed by atoms with Crippen LogP contribution in [-0.2, 0) is 5.41 Å². The Balaban J connectivity index is 2.58. The summed E-state index contributed by atoms with van der Waals surface area (Å²) in [6.45, 7) is 12.2. The molecule has 0 saturated heterocycles. The Morgan fingerprint density at radius 3 is 2.41 bits per heavy atom. The summed E-state index contributed by atoms with van der Waals surface area (Å²) < 4.78 is 0. The summed E-state index contributed by atoms with van der Waals surface area (Å²) in [6, 6.07) is 4.48. The fourth-order valence-corrected chi connectivity index (χ4v) is 2.93. The minimum Gasteiger partial charge on any atom is -0.314 e. The first kappa shape index (κ1) is 14.2. The summed E-state index contributed by atoms with van der Waals surface area (Å²) in [5, 5.41) is 14.5. The second-order valence-corrected chi connectivity index (χ2v) is 6.83. The van der Waals surface area contributed by atoms with E-state index in [1.165, 1.54) is 10.4 Å². The molecule has 3 heteroatoms. The lowest BCUT2D eigenvalue weighted by Gasteiger charge is -2.27. The highest BCUT2D eigenvalue weighted by molar-refractivity contribution is 7.10. The highest BCUT2D eigenvalue weighted by Crippen LogP contribution is 2.30. The summed E-state index contributed by atoms with van der Waals surface area (Å²) in [5.74, 6) is 0. The van der Waals surface area contributed by atoms with Crippen molar-refractivity contribution in [2.24, 2.45) is 5.41 Å². The molecule has 0 aromatic carbocycles. The van der Waals surface area contributed by atoms with Crippen LogP contribution in [0.3, 0.4) is 0 Å². The standard InChI is InChI=1S/C14H22N2S/c1-11-6-7-17-12(11)14(4,5)10-16-9-13(2,3)8-15/h6-7,16H,9-10H2,1-5H3. The number of rotatable bonds is 5. The van der Waals surface area contributed by atoms with E-state index < -0.39 is 0 Å². The van der Waals surface area contributed by atoms with Gasteiger partial charge in [-0.25, -0.2) is 0 Å². The van der Waals surface area contributed by atoms with Crippen molar-refractivity contribution in [3.8, 4) is 6.07 Å². The molecule has 0 aliphatic rings. The van der Waals surface area contributed by atoms with E-state index >= 15 is 0 Å². The summed E-state index contributed by atoms with van der Waals surface area (Å²) in [4.78, 5) is 1.43. The zero-order valence-corrected chi connectivity index (χ0v) is 12.2. The van der Waals surface area contributed by atoms with Crippen molar-refractivity contribution in [3.63, 3.8) is 0 Å². The second-order valence-electron chi connectivity index (χ2n) is 5.92. The summed E-state index contributed by atoms with van der Waals surface area (Å²) >= 11 is 1.82. The van der Waals surface area contributed by atoms with E-state index in [4.69, 9.17) is 5.26 Å². The Hall–Kier alpha value is -0.850. The lowest BCUT2D eigenvalue weighted by molar-refractivity contribution is 0.399. The molecule has 0 aliphatic heterocycles. The lowest BCUT2D eigenvalue weighted by atomic mass is 9.88. The SMILES string of the molecule is Cc1ccsc1C(C)(C)CNCC(C)(C)C#N. The van der Waals surface area contributed by atoms with E-state index in [9.17, 15) is 0 Å². The molecule has 0 bridgehead atoms. The molecule has 0 spiro atoms. The molecular formula is C14H22N2S. The quantitative estimate of drug-likeness (QED) is 0.868. The maximum atomic E-state index is 8.96. The third-order valence-corrected chi connectivity index (χ3v) is 4.30. The van der Waals surface area contributed by atoms with Gasteiger partial charge in [0.05, 0.1) is 11.5 Å². The Labute approximate surface area is 109 Å². The van der Waals surface area contributed by atoms with Gasteiger partial charge >= 0.3 is 0 Å². The van der Waals surface area contributed by atoms with Gasteiger partial charge in [0.1, 0.15) is 0 Å². The Morgan fingerprint density at radius 2 is 1.94 bits per heavy atom. The predicted molar refractivity (Wildman–Crippen MR) is 74.3 cm³/mol. The Kier molecular flexibility index (Phi) is 4.35. The molecule has 17 heavy (non-hydrogen) atoms. The van der Waals surface area contributed by atoms with E-state index in [1.807, 2.05) is 25.2 Å². The first-order chi connectivity index (χ1) is 7.78. The molecule has 2 nitrogen and oxygen atoms in total. The van der Waals surface area contributed by atoms with Crippen molar-refractivity contribution in [2.45, 2.75) is 40.0 Å². The molecular weight excluding hydrogens is 228 g/mol. The Morgan fingerprint density at radius 1 is 1.29 bits per heavy atom. The topological polar surface area (TPSA) is 35.8 Å². The number of nitriles is 1. The average molecular weight is 250 g/mol. The van der Waals surface area contributed by atoms with Gasteiger partial charge in [0.15, 0.2) is 0 Å². The molecule has 1 rings (SSSR count). The summed E-state index contributed by atoms with van der Waals surface area (Å²) in [6.07, 6.45) is 0. The van der Waals surface area contributed by atoms with Gasteiger partial charge in [-0.15, -0.1) is 11.3 Å². The van der Waals surface area contributed by atoms with Crippen LogP contribution in [0.5, 0.6) is 0 Å². The van der Waals surface area contributed by atoms with Crippen molar-refractivity contribution in [3.05, 3.63) is 21.9 Å². The monoisotopic (exact) mass is 250 g/mol. The van der Waals surface area contributed by atoms with E-state index in [0.717, 1.165) is 13.1 Å². The van der Waals surface area contributed by atoms with E-state index in [1.54, 1.807) is 0 Å². The number of nitrogens with zero attached hydrogens (tertiary/aromatic N) is 1. The molecule has 0 amide bonds. The predicted octanol–water partition coefficient (Wildman–Crippen LogP) is 3.47. The van der Waals surface area contributed by atoms with Gasteiger partial charge < -0.3 is 5.32 Å². The third kappa shape index (κ3) is 3.83. The smallest absolute Gasteiger partial charge is 0.0697 e. The molecule has 1 N–H and O–H groups in total. The van der Waals surface area contributed by atoms with Crippen molar-refractivity contribution in [1.82, 2.24) is 5.32 Å². The number of nitrogens with one attached hydrogen (secondary N) is 1. The highest BCUT2D eigenvalue weighted by atomic mass is 32.1. The van der Waals surface area contributed by atoms with Crippen LogP contribution in [0.15, 0.2) is 11.4 Å². The van der Waals surface area contributed by atoms with Crippen LogP contribution in [-0.4, -0.2) is 13.1 Å². The van der Waals surface area contributed by atoms with Crippen LogP contribution in [0.4, 0.5) is 0 Å². The van der Waals surface area contributed by atoms with Crippen molar-refractivity contribution in [1.29, 1.82) is 5.26 Å². The fourth-order valence-electron chi connectivity index (χ4n) is 1.87. The molecule has 0 saturated carbocycles. The fraction of sp³-hybridized carbons (Fsp3) is 0.643. The number of hydrogen-bond acceptors (Lipinski definition) is 3. The molecule has 0 radical (unpaired) electrons. The normalized spacial score (nSPS) is 12.5. The maximum absolute atomic E-state index is 8.96. The first-order valence-corrected chi connectivity index (χ1v) is 6.83. The molecule has 0 unspecified atom stereocenters. The van der Waals surface area contributed by atoms with Gasteiger partial charge in [-0.2, -0.15) is 5.26 Å². The Bertz CT molecular complexity index is 410. The third-order valence-electron chi connectivity index (χ3n) is 2.91. The van der Waals surface area contributed by atoms with E-state index in [2.05, 4.69) is 43.6 Å². The number of hydrogen-bond donors (Lipinski definition) is 1. The van der Waals surface area contributed by atoms with Crippen molar-refractivity contribution in [2.75, 3.05) is 13.1 Å². The molecule has 1 heterocycles. The van der Waals surface area contributed by atoms with E-state index in [0.29, 0.717) is 0 Å². The number of thiophene rings is 1.